The third kappa shape index (κ3) is 5.61. The van der Waals surface area contributed by atoms with E-state index in [1.54, 1.807) is 0 Å². The van der Waals surface area contributed by atoms with Crippen molar-refractivity contribution in [2.75, 3.05) is 26.2 Å². The predicted molar refractivity (Wildman–Crippen MR) is 88.3 cm³/mol. The molecule has 2 rings (SSSR count). The van der Waals surface area contributed by atoms with Crippen LogP contribution in [-0.2, 0) is 4.79 Å². The molecule has 1 unspecified atom stereocenters. The van der Waals surface area contributed by atoms with Gasteiger partial charge in [0.15, 0.2) is 0 Å². The minimum absolute atomic E-state index is 0.313. The highest BCUT2D eigenvalue weighted by Crippen LogP contribution is 2.25. The van der Waals surface area contributed by atoms with E-state index in [0.29, 0.717) is 17.7 Å². The van der Waals surface area contributed by atoms with Gasteiger partial charge < -0.3 is 10.2 Å². The molecule has 2 fully saturated rings. The number of amides is 1. The molecule has 21 heavy (non-hydrogen) atoms. The van der Waals surface area contributed by atoms with Crippen molar-refractivity contribution in [1.82, 2.24) is 10.2 Å². The molecule has 0 aromatic rings. The molecule has 1 atom stereocenters. The molecule has 0 bridgehead atoms. The first-order valence-electron chi connectivity index (χ1n) is 9.30. The van der Waals surface area contributed by atoms with E-state index in [0.717, 1.165) is 45.4 Å². The Kier molecular flexibility index (Phi) is 7.56. The number of nitrogens with zero attached hydrogens (tertiary/aromatic N) is 1. The zero-order valence-electron chi connectivity index (χ0n) is 13.9. The van der Waals surface area contributed by atoms with Gasteiger partial charge in [-0.1, -0.05) is 39.0 Å². The highest BCUT2D eigenvalue weighted by atomic mass is 16.2. The van der Waals surface area contributed by atoms with E-state index in [4.69, 9.17) is 0 Å². The van der Waals surface area contributed by atoms with Crippen molar-refractivity contribution in [1.29, 1.82) is 0 Å². The Bertz CT molecular complexity index is 292. The fourth-order valence-corrected chi connectivity index (χ4v) is 3.91. The molecule has 3 nitrogen and oxygen atoms in total. The molecule has 0 spiro atoms. The van der Waals surface area contributed by atoms with Gasteiger partial charge in [-0.15, -0.1) is 0 Å². The van der Waals surface area contributed by atoms with Crippen LogP contribution in [0.3, 0.4) is 0 Å². The average Bonchev–Trinajstić information content (AvgIpc) is 2.47. The Morgan fingerprint density at radius 2 is 1.76 bits per heavy atom. The van der Waals surface area contributed by atoms with E-state index < -0.39 is 0 Å². The first-order chi connectivity index (χ1) is 10.3. The zero-order chi connectivity index (χ0) is 14.9. The molecular weight excluding hydrogens is 260 g/mol. The van der Waals surface area contributed by atoms with Crippen molar-refractivity contribution in [3.63, 3.8) is 0 Å². The molecule has 1 N–H and O–H groups in total. The first kappa shape index (κ1) is 16.8. The Labute approximate surface area is 130 Å². The van der Waals surface area contributed by atoms with Crippen LogP contribution in [0.5, 0.6) is 0 Å². The van der Waals surface area contributed by atoms with E-state index >= 15 is 0 Å². The van der Waals surface area contributed by atoms with Gasteiger partial charge in [0.25, 0.3) is 0 Å². The number of piperidine rings is 1. The summed E-state index contributed by atoms with van der Waals surface area (Å²) >= 11 is 0. The van der Waals surface area contributed by atoms with Crippen molar-refractivity contribution in [3.8, 4) is 0 Å². The molecule has 1 aliphatic heterocycles. The van der Waals surface area contributed by atoms with Crippen LogP contribution in [0.25, 0.3) is 0 Å². The van der Waals surface area contributed by atoms with Gasteiger partial charge >= 0.3 is 0 Å². The molecule has 0 aromatic heterocycles. The van der Waals surface area contributed by atoms with Crippen molar-refractivity contribution in [3.05, 3.63) is 0 Å². The summed E-state index contributed by atoms with van der Waals surface area (Å²) in [5.74, 6) is 1.44. The SMILES string of the molecule is CCCN(CC1CCCNC1)C(=O)C1CCCCCCC1. The summed E-state index contributed by atoms with van der Waals surface area (Å²) in [5, 5.41) is 3.48. The lowest BCUT2D eigenvalue weighted by atomic mass is 9.89. The van der Waals surface area contributed by atoms with Crippen LogP contribution in [-0.4, -0.2) is 37.0 Å². The standard InChI is InChI=1S/C18H34N2O/c1-2-13-20(15-16-9-8-12-19-14-16)18(21)17-10-6-4-3-5-7-11-17/h16-17,19H,2-15H2,1H3. The highest BCUT2D eigenvalue weighted by Gasteiger charge is 2.26. The second kappa shape index (κ2) is 9.45. The summed E-state index contributed by atoms with van der Waals surface area (Å²) in [6.07, 6.45) is 12.4. The van der Waals surface area contributed by atoms with Gasteiger partial charge in [0, 0.05) is 19.0 Å². The normalized spacial score (nSPS) is 25.1. The molecule has 1 saturated heterocycles. The van der Waals surface area contributed by atoms with Crippen LogP contribution in [0.4, 0.5) is 0 Å². The van der Waals surface area contributed by atoms with Crippen LogP contribution in [0.2, 0.25) is 0 Å². The van der Waals surface area contributed by atoms with E-state index in [-0.39, 0.29) is 0 Å². The molecule has 1 heterocycles. The summed E-state index contributed by atoms with van der Waals surface area (Å²) in [7, 11) is 0. The zero-order valence-corrected chi connectivity index (χ0v) is 13.9. The topological polar surface area (TPSA) is 32.3 Å². The van der Waals surface area contributed by atoms with Crippen LogP contribution < -0.4 is 5.32 Å². The van der Waals surface area contributed by atoms with Gasteiger partial charge in [-0.3, -0.25) is 4.79 Å². The van der Waals surface area contributed by atoms with E-state index in [9.17, 15) is 4.79 Å². The van der Waals surface area contributed by atoms with Crippen molar-refractivity contribution < 1.29 is 4.79 Å². The summed E-state index contributed by atoms with van der Waals surface area (Å²) in [6, 6.07) is 0. The van der Waals surface area contributed by atoms with Gasteiger partial charge in [-0.2, -0.15) is 0 Å². The molecule has 2 aliphatic rings. The lowest BCUT2D eigenvalue weighted by Crippen LogP contribution is -2.43. The van der Waals surface area contributed by atoms with E-state index in [2.05, 4.69) is 17.1 Å². The van der Waals surface area contributed by atoms with Gasteiger partial charge in [0.2, 0.25) is 5.91 Å². The first-order valence-corrected chi connectivity index (χ1v) is 9.30. The molecule has 3 heteroatoms. The maximum Gasteiger partial charge on any atom is 0.225 e. The van der Waals surface area contributed by atoms with Crippen molar-refractivity contribution in [2.24, 2.45) is 11.8 Å². The Morgan fingerprint density at radius 3 is 2.38 bits per heavy atom. The van der Waals surface area contributed by atoms with E-state index in [1.807, 2.05) is 0 Å². The number of hydrogen-bond donors (Lipinski definition) is 1. The van der Waals surface area contributed by atoms with E-state index in [1.165, 1.54) is 44.9 Å². The highest BCUT2D eigenvalue weighted by molar-refractivity contribution is 5.78. The van der Waals surface area contributed by atoms with Gasteiger partial charge in [0.05, 0.1) is 0 Å². The summed E-state index contributed by atoms with van der Waals surface area (Å²) in [5.41, 5.74) is 0. The fraction of sp³-hybridized carbons (Fsp3) is 0.944. The smallest absolute Gasteiger partial charge is 0.225 e. The molecule has 1 saturated carbocycles. The number of carbonyl (C=O) groups excluding carboxylic acids is 1. The lowest BCUT2D eigenvalue weighted by molar-refractivity contribution is -0.137. The van der Waals surface area contributed by atoms with Crippen LogP contribution in [0.15, 0.2) is 0 Å². The molecule has 1 amide bonds. The second-order valence-electron chi connectivity index (χ2n) is 7.04. The largest absolute Gasteiger partial charge is 0.342 e. The molecular formula is C18H34N2O. The maximum atomic E-state index is 12.9. The van der Waals surface area contributed by atoms with Crippen LogP contribution in [0, 0.1) is 11.8 Å². The number of hydrogen-bond acceptors (Lipinski definition) is 2. The average molecular weight is 294 g/mol. The predicted octanol–water partition coefficient (Wildman–Crippen LogP) is 3.59. The van der Waals surface area contributed by atoms with Crippen LogP contribution in [0.1, 0.15) is 71.1 Å². The number of rotatable bonds is 5. The Hall–Kier alpha value is -0.570. The maximum absolute atomic E-state index is 12.9. The Morgan fingerprint density at radius 1 is 1.05 bits per heavy atom. The lowest BCUT2D eigenvalue weighted by Gasteiger charge is -2.33. The molecule has 0 radical (unpaired) electrons. The number of nitrogens with one attached hydrogen (secondary N) is 1. The van der Waals surface area contributed by atoms with Gasteiger partial charge in [-0.25, -0.2) is 0 Å². The minimum atomic E-state index is 0.313. The molecule has 1 aliphatic carbocycles. The summed E-state index contributed by atoms with van der Waals surface area (Å²) in [4.78, 5) is 15.1. The van der Waals surface area contributed by atoms with Crippen molar-refractivity contribution in [2.45, 2.75) is 71.1 Å². The van der Waals surface area contributed by atoms with Crippen LogP contribution >= 0.6 is 0 Å². The van der Waals surface area contributed by atoms with Crippen molar-refractivity contribution >= 4 is 5.91 Å². The fourth-order valence-electron chi connectivity index (χ4n) is 3.91. The Balaban J connectivity index is 1.89. The molecule has 0 aromatic carbocycles. The summed E-state index contributed by atoms with van der Waals surface area (Å²) < 4.78 is 0. The third-order valence-electron chi connectivity index (χ3n) is 5.14. The van der Waals surface area contributed by atoms with Gasteiger partial charge in [-0.05, 0) is 51.1 Å². The quantitative estimate of drug-likeness (QED) is 0.840. The number of carbonyl (C=O) groups is 1. The minimum Gasteiger partial charge on any atom is -0.342 e. The second-order valence-corrected chi connectivity index (χ2v) is 7.04. The monoisotopic (exact) mass is 294 g/mol. The third-order valence-corrected chi connectivity index (χ3v) is 5.14. The van der Waals surface area contributed by atoms with Gasteiger partial charge in [0.1, 0.15) is 0 Å². The molecule has 122 valence electrons. The summed E-state index contributed by atoms with van der Waals surface area (Å²) in [6.45, 7) is 6.37.